The average molecular weight is 279 g/mol. The third-order valence-corrected chi connectivity index (χ3v) is 3.97. The number of piperidine rings is 1. The van der Waals surface area contributed by atoms with E-state index in [1.165, 1.54) is 32.4 Å². The van der Waals surface area contributed by atoms with Crippen molar-refractivity contribution >= 4 is 0 Å². The molecular formula is C15H29N5. The molecule has 1 fully saturated rings. The Morgan fingerprint density at radius 2 is 1.95 bits per heavy atom. The lowest BCUT2D eigenvalue weighted by atomic mass is 10.1. The van der Waals surface area contributed by atoms with Crippen LogP contribution in [-0.4, -0.2) is 45.3 Å². The van der Waals surface area contributed by atoms with E-state index in [-0.39, 0.29) is 0 Å². The molecular weight excluding hydrogens is 250 g/mol. The molecule has 0 spiro atoms. The lowest BCUT2D eigenvalue weighted by Gasteiger charge is -2.32. The first-order valence-corrected chi connectivity index (χ1v) is 7.98. The van der Waals surface area contributed by atoms with Gasteiger partial charge in [0, 0.05) is 19.1 Å². The van der Waals surface area contributed by atoms with Crippen molar-refractivity contribution in [1.29, 1.82) is 0 Å². The molecule has 0 amide bonds. The van der Waals surface area contributed by atoms with Crippen LogP contribution in [0.15, 0.2) is 6.33 Å². The number of nitrogens with zero attached hydrogens (tertiary/aromatic N) is 4. The van der Waals surface area contributed by atoms with Crippen molar-refractivity contribution in [1.82, 2.24) is 25.0 Å². The van der Waals surface area contributed by atoms with Crippen molar-refractivity contribution in [3.63, 3.8) is 0 Å². The summed E-state index contributed by atoms with van der Waals surface area (Å²) in [6, 6.07) is 0.608. The molecule has 5 nitrogen and oxygen atoms in total. The van der Waals surface area contributed by atoms with Crippen LogP contribution in [0.3, 0.4) is 0 Å². The van der Waals surface area contributed by atoms with Gasteiger partial charge in [0.15, 0.2) is 0 Å². The molecule has 0 bridgehead atoms. The van der Waals surface area contributed by atoms with E-state index in [9.17, 15) is 0 Å². The summed E-state index contributed by atoms with van der Waals surface area (Å²) in [6.45, 7) is 12.0. The topological polar surface area (TPSA) is 46.0 Å². The van der Waals surface area contributed by atoms with E-state index >= 15 is 0 Å². The van der Waals surface area contributed by atoms with Gasteiger partial charge in [-0.3, -0.25) is 4.90 Å². The molecule has 1 saturated heterocycles. The van der Waals surface area contributed by atoms with E-state index in [4.69, 9.17) is 0 Å². The van der Waals surface area contributed by atoms with Crippen LogP contribution in [0.2, 0.25) is 0 Å². The minimum atomic E-state index is 0.600. The van der Waals surface area contributed by atoms with Gasteiger partial charge in [0.1, 0.15) is 12.2 Å². The molecule has 0 radical (unpaired) electrons. The van der Waals surface area contributed by atoms with Crippen molar-refractivity contribution in [2.45, 2.75) is 59.2 Å². The van der Waals surface area contributed by atoms with Gasteiger partial charge in [-0.1, -0.05) is 20.3 Å². The molecule has 1 N–H and O–H groups in total. The summed E-state index contributed by atoms with van der Waals surface area (Å²) >= 11 is 0. The quantitative estimate of drug-likeness (QED) is 0.828. The van der Waals surface area contributed by atoms with Crippen LogP contribution in [0.4, 0.5) is 0 Å². The van der Waals surface area contributed by atoms with E-state index in [0.717, 1.165) is 25.5 Å². The monoisotopic (exact) mass is 279 g/mol. The zero-order valence-electron chi connectivity index (χ0n) is 13.2. The Kier molecular flexibility index (Phi) is 5.98. The SMILES string of the molecule is CC(C)Cn1ncnc1CNCC(C)N1CCCCC1. The number of aromatic nitrogens is 3. The van der Waals surface area contributed by atoms with Crippen LogP contribution in [-0.2, 0) is 13.1 Å². The summed E-state index contributed by atoms with van der Waals surface area (Å²) in [5, 5.41) is 7.83. The highest BCUT2D eigenvalue weighted by Crippen LogP contribution is 2.11. The molecule has 1 aromatic heterocycles. The van der Waals surface area contributed by atoms with Gasteiger partial charge in [0.25, 0.3) is 0 Å². The Hall–Kier alpha value is -0.940. The summed E-state index contributed by atoms with van der Waals surface area (Å²) < 4.78 is 2.02. The second kappa shape index (κ2) is 7.74. The Morgan fingerprint density at radius 3 is 2.65 bits per heavy atom. The third kappa shape index (κ3) is 4.56. The van der Waals surface area contributed by atoms with E-state index in [1.807, 2.05) is 4.68 Å². The maximum absolute atomic E-state index is 4.35. The molecule has 0 aliphatic carbocycles. The summed E-state index contributed by atoms with van der Waals surface area (Å²) in [4.78, 5) is 6.95. The van der Waals surface area contributed by atoms with E-state index in [2.05, 4.69) is 41.1 Å². The molecule has 20 heavy (non-hydrogen) atoms. The molecule has 114 valence electrons. The zero-order valence-corrected chi connectivity index (χ0v) is 13.2. The second-order valence-electron chi connectivity index (χ2n) is 6.33. The predicted octanol–water partition coefficient (Wildman–Crippen LogP) is 1.90. The maximum atomic E-state index is 4.35. The van der Waals surface area contributed by atoms with Crippen molar-refractivity contribution in [3.8, 4) is 0 Å². The van der Waals surface area contributed by atoms with Gasteiger partial charge in [0.05, 0.1) is 6.54 Å². The highest BCUT2D eigenvalue weighted by atomic mass is 15.3. The molecule has 0 aromatic carbocycles. The minimum Gasteiger partial charge on any atom is -0.308 e. The van der Waals surface area contributed by atoms with E-state index in [1.54, 1.807) is 6.33 Å². The lowest BCUT2D eigenvalue weighted by Crippen LogP contribution is -2.43. The molecule has 2 heterocycles. The van der Waals surface area contributed by atoms with Gasteiger partial charge >= 0.3 is 0 Å². The molecule has 1 aromatic rings. The number of hydrogen-bond donors (Lipinski definition) is 1. The lowest BCUT2D eigenvalue weighted by molar-refractivity contribution is 0.170. The number of likely N-dealkylation sites (tertiary alicyclic amines) is 1. The highest BCUT2D eigenvalue weighted by Gasteiger charge is 2.16. The second-order valence-corrected chi connectivity index (χ2v) is 6.33. The summed E-state index contributed by atoms with van der Waals surface area (Å²) in [7, 11) is 0. The number of hydrogen-bond acceptors (Lipinski definition) is 4. The Labute approximate surface area is 122 Å². The molecule has 1 aliphatic rings. The summed E-state index contributed by atoms with van der Waals surface area (Å²) in [5.74, 6) is 1.65. The Balaban J connectivity index is 1.73. The fourth-order valence-corrected chi connectivity index (χ4v) is 2.80. The molecule has 2 rings (SSSR count). The van der Waals surface area contributed by atoms with Crippen LogP contribution >= 0.6 is 0 Å². The van der Waals surface area contributed by atoms with Crippen LogP contribution in [0.25, 0.3) is 0 Å². The molecule has 0 saturated carbocycles. The standard InChI is InChI=1S/C15H29N5/c1-13(2)11-20-15(17-12-18-20)10-16-9-14(3)19-7-5-4-6-8-19/h12-14,16H,4-11H2,1-3H3. The first-order chi connectivity index (χ1) is 9.66. The smallest absolute Gasteiger partial charge is 0.140 e. The fraction of sp³-hybridized carbons (Fsp3) is 0.867. The molecule has 5 heteroatoms. The normalized spacial score (nSPS) is 18.6. The van der Waals surface area contributed by atoms with Gasteiger partial charge in [-0.15, -0.1) is 0 Å². The predicted molar refractivity (Wildman–Crippen MR) is 81.5 cm³/mol. The van der Waals surface area contributed by atoms with Crippen LogP contribution in [0.5, 0.6) is 0 Å². The largest absolute Gasteiger partial charge is 0.308 e. The van der Waals surface area contributed by atoms with Crippen LogP contribution in [0.1, 0.15) is 45.9 Å². The van der Waals surface area contributed by atoms with Gasteiger partial charge < -0.3 is 5.32 Å². The zero-order chi connectivity index (χ0) is 14.4. The highest BCUT2D eigenvalue weighted by molar-refractivity contribution is 4.85. The van der Waals surface area contributed by atoms with Crippen molar-refractivity contribution in [3.05, 3.63) is 12.2 Å². The van der Waals surface area contributed by atoms with Gasteiger partial charge in [0.2, 0.25) is 0 Å². The van der Waals surface area contributed by atoms with Crippen LogP contribution in [0, 0.1) is 5.92 Å². The average Bonchev–Trinajstić information content (AvgIpc) is 2.86. The molecule has 1 atom stereocenters. The summed E-state index contributed by atoms with van der Waals surface area (Å²) in [6.07, 6.45) is 5.77. The minimum absolute atomic E-state index is 0.600. The third-order valence-electron chi connectivity index (χ3n) is 3.97. The van der Waals surface area contributed by atoms with Gasteiger partial charge in [-0.2, -0.15) is 5.10 Å². The van der Waals surface area contributed by atoms with Crippen molar-refractivity contribution < 1.29 is 0 Å². The molecule has 1 aliphatic heterocycles. The van der Waals surface area contributed by atoms with Crippen molar-refractivity contribution in [2.75, 3.05) is 19.6 Å². The first-order valence-electron chi connectivity index (χ1n) is 7.98. The first kappa shape index (κ1) is 15.4. The summed E-state index contributed by atoms with van der Waals surface area (Å²) in [5.41, 5.74) is 0. The number of rotatable bonds is 7. The van der Waals surface area contributed by atoms with Gasteiger partial charge in [-0.05, 0) is 38.8 Å². The van der Waals surface area contributed by atoms with Crippen molar-refractivity contribution in [2.24, 2.45) is 5.92 Å². The fourth-order valence-electron chi connectivity index (χ4n) is 2.80. The Bertz CT molecular complexity index is 381. The van der Waals surface area contributed by atoms with E-state index < -0.39 is 0 Å². The Morgan fingerprint density at radius 1 is 1.20 bits per heavy atom. The van der Waals surface area contributed by atoms with Crippen LogP contribution < -0.4 is 5.32 Å². The molecule has 1 unspecified atom stereocenters. The maximum Gasteiger partial charge on any atom is 0.140 e. The van der Waals surface area contributed by atoms with Gasteiger partial charge in [-0.25, -0.2) is 9.67 Å². The van der Waals surface area contributed by atoms with E-state index in [0.29, 0.717) is 12.0 Å². The number of nitrogens with one attached hydrogen (secondary N) is 1.